The lowest BCUT2D eigenvalue weighted by molar-refractivity contribution is -0.125. The van der Waals surface area contributed by atoms with Crippen LogP contribution in [0.25, 0.3) is 0 Å². The Morgan fingerprint density at radius 2 is 1.91 bits per heavy atom. The van der Waals surface area contributed by atoms with E-state index < -0.39 is 0 Å². The Morgan fingerprint density at radius 1 is 1.22 bits per heavy atom. The van der Waals surface area contributed by atoms with Gasteiger partial charge < -0.3 is 4.90 Å². The van der Waals surface area contributed by atoms with Crippen molar-refractivity contribution in [3.63, 3.8) is 0 Å². The topological polar surface area (TPSA) is 20.3 Å². The maximum absolute atomic E-state index is 12.8. The predicted molar refractivity (Wildman–Crippen MR) is 95.8 cm³/mol. The third-order valence-electron chi connectivity index (χ3n) is 6.17. The molecule has 2 bridgehead atoms. The highest BCUT2D eigenvalue weighted by molar-refractivity contribution is 5.82. The van der Waals surface area contributed by atoms with Crippen molar-refractivity contribution in [2.45, 2.75) is 64.3 Å². The van der Waals surface area contributed by atoms with Crippen LogP contribution in [0.4, 0.5) is 0 Å². The molecule has 3 aliphatic rings. The standard InChI is InChI=1S/C21H31NO/c1-5-20(23)21-18(12-15-6-11-19(21)22(4)13-15)17-9-7-16(8-10-17)14(2)3/h7-10,14-15,18-19,21H,5-6,11-13H2,1-4H3. The highest BCUT2D eigenvalue weighted by Gasteiger charge is 2.44. The summed E-state index contributed by atoms with van der Waals surface area (Å²) >= 11 is 0. The molecule has 1 aliphatic carbocycles. The largest absolute Gasteiger partial charge is 0.302 e. The van der Waals surface area contributed by atoms with Gasteiger partial charge in [0.05, 0.1) is 0 Å². The van der Waals surface area contributed by atoms with Crippen LogP contribution in [-0.4, -0.2) is 30.3 Å². The van der Waals surface area contributed by atoms with E-state index in [1.807, 2.05) is 6.92 Å². The Kier molecular flexibility index (Phi) is 4.91. The molecule has 126 valence electrons. The lowest BCUT2D eigenvalue weighted by Crippen LogP contribution is -2.45. The number of rotatable bonds is 4. The van der Waals surface area contributed by atoms with Crippen LogP contribution in [-0.2, 0) is 4.79 Å². The number of benzene rings is 1. The molecule has 0 aromatic heterocycles. The van der Waals surface area contributed by atoms with Crippen LogP contribution in [0.2, 0.25) is 0 Å². The summed E-state index contributed by atoms with van der Waals surface area (Å²) in [7, 11) is 2.22. The maximum atomic E-state index is 12.8. The number of piperidine rings is 1. The van der Waals surface area contributed by atoms with E-state index in [-0.39, 0.29) is 5.92 Å². The minimum absolute atomic E-state index is 0.183. The Balaban J connectivity index is 1.95. The number of carbonyl (C=O) groups excluding carboxylic acids is 1. The van der Waals surface area contributed by atoms with Crippen molar-refractivity contribution >= 4 is 5.78 Å². The van der Waals surface area contributed by atoms with Crippen LogP contribution in [0.3, 0.4) is 0 Å². The molecule has 4 rings (SSSR count). The number of hydrogen-bond acceptors (Lipinski definition) is 2. The molecule has 23 heavy (non-hydrogen) atoms. The highest BCUT2D eigenvalue weighted by Crippen LogP contribution is 2.45. The molecule has 1 saturated carbocycles. The maximum Gasteiger partial charge on any atom is 0.137 e. The van der Waals surface area contributed by atoms with E-state index in [9.17, 15) is 4.79 Å². The molecular formula is C21H31NO. The fraction of sp³-hybridized carbons (Fsp3) is 0.667. The van der Waals surface area contributed by atoms with Crippen molar-refractivity contribution in [2.24, 2.45) is 11.8 Å². The minimum atomic E-state index is 0.183. The quantitative estimate of drug-likeness (QED) is 0.809. The molecule has 0 N–H and O–H groups in total. The molecule has 2 heteroatoms. The molecule has 0 radical (unpaired) electrons. The summed E-state index contributed by atoms with van der Waals surface area (Å²) in [6, 6.07) is 9.56. The first-order chi connectivity index (χ1) is 11.0. The third-order valence-corrected chi connectivity index (χ3v) is 6.17. The number of carbonyl (C=O) groups is 1. The van der Waals surface area contributed by atoms with Gasteiger partial charge in [0.25, 0.3) is 0 Å². The smallest absolute Gasteiger partial charge is 0.137 e. The average Bonchev–Trinajstić information content (AvgIpc) is 2.81. The molecule has 2 heterocycles. The van der Waals surface area contributed by atoms with E-state index in [2.05, 4.69) is 50.1 Å². The zero-order valence-corrected chi connectivity index (χ0v) is 15.1. The van der Waals surface area contributed by atoms with Crippen molar-refractivity contribution in [1.82, 2.24) is 4.90 Å². The van der Waals surface area contributed by atoms with Gasteiger partial charge in [-0.1, -0.05) is 45.0 Å². The van der Waals surface area contributed by atoms with E-state index in [4.69, 9.17) is 0 Å². The van der Waals surface area contributed by atoms with E-state index in [0.717, 1.165) is 5.92 Å². The van der Waals surface area contributed by atoms with Gasteiger partial charge in [-0.15, -0.1) is 0 Å². The van der Waals surface area contributed by atoms with Crippen molar-refractivity contribution in [2.75, 3.05) is 13.6 Å². The second-order valence-corrected chi connectivity index (χ2v) is 7.96. The highest BCUT2D eigenvalue weighted by atomic mass is 16.1. The lowest BCUT2D eigenvalue weighted by Gasteiger charge is -2.37. The molecular weight excluding hydrogens is 282 g/mol. The second-order valence-electron chi connectivity index (χ2n) is 7.96. The number of Topliss-reactive ketones (excluding diaryl/α,β-unsaturated/α-hetero) is 1. The molecule has 2 nitrogen and oxygen atoms in total. The van der Waals surface area contributed by atoms with Gasteiger partial charge >= 0.3 is 0 Å². The second kappa shape index (κ2) is 6.76. The predicted octanol–water partition coefficient (Wildman–Crippen LogP) is 4.60. The first kappa shape index (κ1) is 16.7. The van der Waals surface area contributed by atoms with E-state index in [1.165, 1.54) is 36.9 Å². The summed E-state index contributed by atoms with van der Waals surface area (Å²) in [6.45, 7) is 7.66. The summed E-state index contributed by atoms with van der Waals surface area (Å²) in [5.41, 5.74) is 2.77. The van der Waals surface area contributed by atoms with Gasteiger partial charge in [0.2, 0.25) is 0 Å². The number of nitrogens with zero attached hydrogens (tertiary/aromatic N) is 1. The Bertz CT molecular complexity index is 547. The van der Waals surface area contributed by atoms with E-state index in [1.54, 1.807) is 0 Å². The van der Waals surface area contributed by atoms with Crippen molar-refractivity contribution in [3.05, 3.63) is 35.4 Å². The number of ketones is 1. The molecule has 0 spiro atoms. The Hall–Kier alpha value is -1.15. The molecule has 1 aromatic carbocycles. The molecule has 2 aliphatic heterocycles. The van der Waals surface area contributed by atoms with Gasteiger partial charge in [-0.05, 0) is 55.2 Å². The van der Waals surface area contributed by atoms with Gasteiger partial charge in [0, 0.05) is 24.9 Å². The summed E-state index contributed by atoms with van der Waals surface area (Å²) in [5.74, 6) is 2.37. The Labute approximate surface area is 141 Å². The first-order valence-electron chi connectivity index (χ1n) is 9.34. The molecule has 2 saturated heterocycles. The van der Waals surface area contributed by atoms with Crippen LogP contribution < -0.4 is 0 Å². The summed E-state index contributed by atoms with van der Waals surface area (Å²) in [6.07, 6.45) is 4.33. The van der Waals surface area contributed by atoms with Crippen LogP contribution in [0.1, 0.15) is 69.4 Å². The SMILES string of the molecule is CCC(=O)C1C(c2ccc(C(C)C)cc2)CC2CCC1N(C)C2. The normalized spacial score (nSPS) is 31.3. The van der Waals surface area contributed by atoms with Gasteiger partial charge in [-0.2, -0.15) is 0 Å². The zero-order chi connectivity index (χ0) is 16.6. The van der Waals surface area contributed by atoms with Crippen LogP contribution >= 0.6 is 0 Å². The third kappa shape index (κ3) is 3.24. The monoisotopic (exact) mass is 313 g/mol. The molecule has 3 fully saturated rings. The van der Waals surface area contributed by atoms with Crippen molar-refractivity contribution in [3.8, 4) is 0 Å². The van der Waals surface area contributed by atoms with Gasteiger partial charge in [-0.25, -0.2) is 0 Å². The zero-order valence-electron chi connectivity index (χ0n) is 15.1. The van der Waals surface area contributed by atoms with Gasteiger partial charge in [0.1, 0.15) is 5.78 Å². The summed E-state index contributed by atoms with van der Waals surface area (Å²) in [5, 5.41) is 0. The summed E-state index contributed by atoms with van der Waals surface area (Å²) < 4.78 is 0. The van der Waals surface area contributed by atoms with Crippen molar-refractivity contribution in [1.29, 1.82) is 0 Å². The van der Waals surface area contributed by atoms with Gasteiger partial charge in [0.15, 0.2) is 0 Å². The average molecular weight is 313 g/mol. The summed E-state index contributed by atoms with van der Waals surface area (Å²) in [4.78, 5) is 15.3. The number of fused-ring (bicyclic) bond motifs is 4. The van der Waals surface area contributed by atoms with Crippen molar-refractivity contribution < 1.29 is 4.79 Å². The molecule has 4 atom stereocenters. The number of hydrogen-bond donors (Lipinski definition) is 0. The van der Waals surface area contributed by atoms with Gasteiger partial charge in [-0.3, -0.25) is 4.79 Å². The first-order valence-corrected chi connectivity index (χ1v) is 9.34. The molecule has 4 unspecified atom stereocenters. The fourth-order valence-electron chi connectivity index (χ4n) is 4.83. The van der Waals surface area contributed by atoms with Crippen LogP contribution in [0.15, 0.2) is 24.3 Å². The minimum Gasteiger partial charge on any atom is -0.302 e. The van der Waals surface area contributed by atoms with E-state index in [0.29, 0.717) is 30.1 Å². The van der Waals surface area contributed by atoms with Crippen LogP contribution in [0.5, 0.6) is 0 Å². The van der Waals surface area contributed by atoms with Crippen LogP contribution in [0, 0.1) is 11.8 Å². The fourth-order valence-corrected chi connectivity index (χ4v) is 4.83. The Morgan fingerprint density at radius 3 is 2.48 bits per heavy atom. The molecule has 0 amide bonds. The lowest BCUT2D eigenvalue weighted by atomic mass is 9.76. The molecule has 1 aromatic rings. The van der Waals surface area contributed by atoms with E-state index >= 15 is 0 Å².